The van der Waals surface area contributed by atoms with Crippen LogP contribution in [0.2, 0.25) is 5.02 Å². The van der Waals surface area contributed by atoms with Crippen LogP contribution in [0, 0.1) is 17.0 Å². The summed E-state index contributed by atoms with van der Waals surface area (Å²) in [6.07, 6.45) is 0. The number of hydrogen-bond acceptors (Lipinski definition) is 6. The molecule has 0 spiro atoms. The fourth-order valence-electron chi connectivity index (χ4n) is 3.11. The van der Waals surface area contributed by atoms with E-state index in [2.05, 4.69) is 9.62 Å². The van der Waals surface area contributed by atoms with Gasteiger partial charge in [0.05, 0.1) is 29.1 Å². The summed E-state index contributed by atoms with van der Waals surface area (Å²) in [5.74, 6) is 0. The molecule has 29 heavy (non-hydrogen) atoms. The molecule has 2 aromatic rings. The quantitative estimate of drug-likeness (QED) is 0.525. The zero-order chi connectivity index (χ0) is 21.0. The van der Waals surface area contributed by atoms with Crippen molar-refractivity contribution >= 4 is 27.3 Å². The molecule has 0 radical (unpaired) electrons. The second-order valence-corrected chi connectivity index (χ2v) is 8.99. The molecule has 3 rings (SSSR count). The maximum atomic E-state index is 13.0. The first-order chi connectivity index (χ1) is 13.8. The van der Waals surface area contributed by atoms with Gasteiger partial charge in [0.25, 0.3) is 5.69 Å². The van der Waals surface area contributed by atoms with Crippen LogP contribution < -0.4 is 4.72 Å². The molecule has 1 heterocycles. The Morgan fingerprint density at radius 3 is 2.48 bits per heavy atom. The van der Waals surface area contributed by atoms with Gasteiger partial charge >= 0.3 is 0 Å². The van der Waals surface area contributed by atoms with E-state index < -0.39 is 26.7 Å². The van der Waals surface area contributed by atoms with Crippen molar-refractivity contribution < 1.29 is 18.1 Å². The summed E-state index contributed by atoms with van der Waals surface area (Å²) in [5, 5.41) is 11.0. The third-order valence-electron chi connectivity index (χ3n) is 4.75. The Hall–Kier alpha value is -2.04. The number of aryl methyl sites for hydroxylation is 1. The third kappa shape index (κ3) is 5.52. The lowest BCUT2D eigenvalue weighted by Crippen LogP contribution is -2.43. The van der Waals surface area contributed by atoms with Crippen molar-refractivity contribution in [1.82, 2.24) is 9.62 Å². The number of sulfonamides is 1. The number of nitro groups is 1. The fourth-order valence-corrected chi connectivity index (χ4v) is 4.53. The van der Waals surface area contributed by atoms with Crippen molar-refractivity contribution in [2.24, 2.45) is 0 Å². The van der Waals surface area contributed by atoms with Crippen LogP contribution in [-0.4, -0.2) is 51.1 Å². The Morgan fingerprint density at radius 1 is 1.21 bits per heavy atom. The minimum atomic E-state index is -4.01. The van der Waals surface area contributed by atoms with E-state index in [-0.39, 0.29) is 9.92 Å². The summed E-state index contributed by atoms with van der Waals surface area (Å²) in [6.45, 7) is 5.01. The van der Waals surface area contributed by atoms with Gasteiger partial charge in [-0.15, -0.1) is 0 Å². The SMILES string of the molecule is Cc1ccc([C@@H](CN2CCOCC2)NS(=O)(=O)c2ccc(Cl)c([N+](=O)[O-])c2)cc1. The van der Waals surface area contributed by atoms with Crippen LogP contribution in [0.15, 0.2) is 47.4 Å². The number of hydrogen-bond donors (Lipinski definition) is 1. The first-order valence-corrected chi connectivity index (χ1v) is 11.0. The first-order valence-electron chi connectivity index (χ1n) is 9.09. The highest BCUT2D eigenvalue weighted by Gasteiger charge is 2.26. The second kappa shape index (κ2) is 9.19. The highest BCUT2D eigenvalue weighted by Crippen LogP contribution is 2.28. The van der Waals surface area contributed by atoms with Crippen molar-refractivity contribution in [1.29, 1.82) is 0 Å². The molecule has 8 nitrogen and oxygen atoms in total. The van der Waals surface area contributed by atoms with Gasteiger partial charge in [-0.2, -0.15) is 0 Å². The third-order valence-corrected chi connectivity index (χ3v) is 6.54. The summed E-state index contributed by atoms with van der Waals surface area (Å²) in [6, 6.07) is 10.5. The lowest BCUT2D eigenvalue weighted by atomic mass is 10.1. The van der Waals surface area contributed by atoms with E-state index >= 15 is 0 Å². The van der Waals surface area contributed by atoms with Crippen LogP contribution in [0.25, 0.3) is 0 Å². The predicted octanol–water partition coefficient (Wildman–Crippen LogP) is 2.91. The summed E-state index contributed by atoms with van der Waals surface area (Å²) < 4.78 is 34.0. The number of nitrogens with one attached hydrogen (secondary N) is 1. The molecule has 1 fully saturated rings. The second-order valence-electron chi connectivity index (χ2n) is 6.87. The zero-order valence-corrected chi connectivity index (χ0v) is 17.4. The van der Waals surface area contributed by atoms with Gasteiger partial charge in [-0.3, -0.25) is 15.0 Å². The number of halogens is 1. The van der Waals surface area contributed by atoms with Gasteiger partial charge in [0.1, 0.15) is 5.02 Å². The molecule has 0 bridgehead atoms. The highest BCUT2D eigenvalue weighted by molar-refractivity contribution is 7.89. The first kappa shape index (κ1) is 21.7. The molecule has 0 amide bonds. The summed E-state index contributed by atoms with van der Waals surface area (Å²) in [4.78, 5) is 12.3. The average molecular weight is 440 g/mol. The van der Waals surface area contributed by atoms with Gasteiger partial charge in [0.2, 0.25) is 10.0 Å². The van der Waals surface area contributed by atoms with Crippen molar-refractivity contribution in [2.45, 2.75) is 17.9 Å². The smallest absolute Gasteiger partial charge is 0.289 e. The maximum absolute atomic E-state index is 13.0. The molecule has 10 heteroatoms. The summed E-state index contributed by atoms with van der Waals surface area (Å²) in [7, 11) is -4.01. The molecule has 2 aromatic carbocycles. The Morgan fingerprint density at radius 2 is 1.86 bits per heavy atom. The molecule has 0 aliphatic carbocycles. The molecular weight excluding hydrogens is 418 g/mol. The lowest BCUT2D eigenvalue weighted by Gasteiger charge is -2.31. The Bertz CT molecular complexity index is 976. The maximum Gasteiger partial charge on any atom is 0.289 e. The van der Waals surface area contributed by atoms with Crippen molar-refractivity contribution in [3.05, 3.63) is 68.7 Å². The van der Waals surface area contributed by atoms with Gasteiger partial charge in [0.15, 0.2) is 0 Å². The molecular formula is C19H22ClN3O5S. The fraction of sp³-hybridized carbons (Fsp3) is 0.368. The van der Waals surface area contributed by atoms with Gasteiger partial charge in [-0.1, -0.05) is 41.4 Å². The van der Waals surface area contributed by atoms with Crippen LogP contribution in [0.3, 0.4) is 0 Å². The molecule has 1 atom stereocenters. The highest BCUT2D eigenvalue weighted by atomic mass is 35.5. The Balaban J connectivity index is 1.90. The number of benzene rings is 2. The van der Waals surface area contributed by atoms with E-state index in [1.807, 2.05) is 31.2 Å². The number of rotatable bonds is 7. The molecule has 0 saturated carbocycles. The molecule has 0 aromatic heterocycles. The largest absolute Gasteiger partial charge is 0.379 e. The normalized spacial score (nSPS) is 16.5. The van der Waals surface area contributed by atoms with Crippen molar-refractivity contribution in [3.8, 4) is 0 Å². The average Bonchev–Trinajstić information content (AvgIpc) is 2.68. The number of nitro benzene ring substituents is 1. The lowest BCUT2D eigenvalue weighted by molar-refractivity contribution is -0.384. The summed E-state index contributed by atoms with van der Waals surface area (Å²) in [5.41, 5.74) is 1.43. The van der Waals surface area contributed by atoms with Crippen LogP contribution in [-0.2, 0) is 14.8 Å². The number of nitrogens with zero attached hydrogens (tertiary/aromatic N) is 2. The van der Waals surface area contributed by atoms with Gasteiger partial charge in [-0.25, -0.2) is 13.1 Å². The van der Waals surface area contributed by atoms with E-state index in [0.29, 0.717) is 32.8 Å². The molecule has 1 aliphatic rings. The van der Waals surface area contributed by atoms with Crippen LogP contribution in [0.4, 0.5) is 5.69 Å². The van der Waals surface area contributed by atoms with Crippen molar-refractivity contribution in [2.75, 3.05) is 32.8 Å². The minimum absolute atomic E-state index is 0.114. The van der Waals surface area contributed by atoms with Gasteiger partial charge in [0, 0.05) is 25.7 Å². The Labute approximate surface area is 174 Å². The molecule has 1 aliphatic heterocycles. The zero-order valence-electron chi connectivity index (χ0n) is 15.9. The van der Waals surface area contributed by atoms with E-state index in [9.17, 15) is 18.5 Å². The van der Waals surface area contributed by atoms with Gasteiger partial charge < -0.3 is 4.74 Å². The molecule has 1 saturated heterocycles. The number of ether oxygens (including phenoxy) is 1. The molecule has 156 valence electrons. The topological polar surface area (TPSA) is 102 Å². The van der Waals surface area contributed by atoms with E-state index in [4.69, 9.17) is 16.3 Å². The standard InChI is InChI=1S/C19H22ClN3O5S/c1-14-2-4-15(5-3-14)18(13-22-8-10-28-11-9-22)21-29(26,27)16-6-7-17(20)19(12-16)23(24)25/h2-7,12,18,21H,8-11,13H2,1H3/t18-/m1/s1. The van der Waals surface area contributed by atoms with E-state index in [0.717, 1.165) is 17.2 Å². The minimum Gasteiger partial charge on any atom is -0.379 e. The van der Waals surface area contributed by atoms with Crippen LogP contribution in [0.1, 0.15) is 17.2 Å². The summed E-state index contributed by atoms with van der Waals surface area (Å²) >= 11 is 5.81. The van der Waals surface area contributed by atoms with Crippen LogP contribution >= 0.6 is 11.6 Å². The molecule has 1 N–H and O–H groups in total. The van der Waals surface area contributed by atoms with Crippen LogP contribution in [0.5, 0.6) is 0 Å². The molecule has 0 unspecified atom stereocenters. The monoisotopic (exact) mass is 439 g/mol. The Kier molecular flexibility index (Phi) is 6.86. The van der Waals surface area contributed by atoms with E-state index in [1.54, 1.807) is 0 Å². The number of morpholine rings is 1. The van der Waals surface area contributed by atoms with Gasteiger partial charge in [-0.05, 0) is 24.6 Å². The van der Waals surface area contributed by atoms with E-state index in [1.165, 1.54) is 12.1 Å². The predicted molar refractivity (Wildman–Crippen MR) is 110 cm³/mol. The van der Waals surface area contributed by atoms with Crippen molar-refractivity contribution in [3.63, 3.8) is 0 Å².